The number of hydrogen-bond donors (Lipinski definition) is 1. The number of hydrogen-bond acceptors (Lipinski definition) is 3. The largest absolute Gasteiger partial charge is 0.388 e. The van der Waals surface area contributed by atoms with E-state index in [1.807, 2.05) is 24.3 Å². The van der Waals surface area contributed by atoms with Crippen molar-refractivity contribution in [2.45, 2.75) is 26.4 Å². The monoisotopic (exact) mass is 354 g/mol. The van der Waals surface area contributed by atoms with Gasteiger partial charge in [0, 0.05) is 43.7 Å². The van der Waals surface area contributed by atoms with E-state index < -0.39 is 0 Å². The molecule has 1 aromatic carbocycles. The Morgan fingerprint density at radius 2 is 1.81 bits per heavy atom. The molecular formula is C17H27BrN2O. The molecule has 0 spiro atoms. The topological polar surface area (TPSA) is 26.7 Å². The molecule has 1 N–H and O–H groups in total. The van der Waals surface area contributed by atoms with Gasteiger partial charge in [-0.2, -0.15) is 0 Å². The van der Waals surface area contributed by atoms with Gasteiger partial charge < -0.3 is 14.9 Å². The maximum Gasteiger partial charge on any atom is 0.0802 e. The summed E-state index contributed by atoms with van der Waals surface area (Å²) in [5, 5.41) is 10.3. The molecule has 2 rings (SSSR count). The van der Waals surface area contributed by atoms with Crippen molar-refractivity contribution in [1.82, 2.24) is 9.80 Å². The molecule has 1 unspecified atom stereocenters. The minimum atomic E-state index is -0.365. The van der Waals surface area contributed by atoms with Crippen LogP contribution < -0.4 is 0 Å². The Hall–Kier alpha value is -0.420. The zero-order chi connectivity index (χ0) is 15.2. The smallest absolute Gasteiger partial charge is 0.0802 e. The van der Waals surface area contributed by atoms with E-state index >= 15 is 0 Å². The average Bonchev–Trinajstić information content (AvgIpc) is 2.45. The van der Waals surface area contributed by atoms with Crippen LogP contribution in [0.4, 0.5) is 0 Å². The second-order valence-electron chi connectivity index (χ2n) is 6.40. The second-order valence-corrected chi connectivity index (χ2v) is 7.31. The van der Waals surface area contributed by atoms with Crippen LogP contribution in [0.5, 0.6) is 0 Å². The lowest BCUT2D eigenvalue weighted by Gasteiger charge is -2.35. The molecule has 1 fully saturated rings. The third-order valence-electron chi connectivity index (χ3n) is 4.04. The minimum Gasteiger partial charge on any atom is -0.388 e. The average molecular weight is 355 g/mol. The molecule has 1 saturated heterocycles. The Balaban J connectivity index is 1.72. The van der Waals surface area contributed by atoms with Crippen LogP contribution in [0.2, 0.25) is 0 Å². The summed E-state index contributed by atoms with van der Waals surface area (Å²) in [6.45, 7) is 11.3. The van der Waals surface area contributed by atoms with Gasteiger partial charge in [0.1, 0.15) is 0 Å². The number of halogens is 1. The highest BCUT2D eigenvalue weighted by molar-refractivity contribution is 9.10. The Labute approximate surface area is 137 Å². The maximum absolute atomic E-state index is 10.3. The van der Waals surface area contributed by atoms with Gasteiger partial charge in [0.2, 0.25) is 0 Å². The lowest BCUT2D eigenvalue weighted by atomic mass is 10.1. The number of benzene rings is 1. The molecule has 21 heavy (non-hydrogen) atoms. The summed E-state index contributed by atoms with van der Waals surface area (Å²) in [6.07, 6.45) is 0.442. The number of nitrogens with zero attached hydrogens (tertiary/aromatic N) is 2. The van der Waals surface area contributed by atoms with Gasteiger partial charge in [-0.3, -0.25) is 0 Å². The van der Waals surface area contributed by atoms with Crippen molar-refractivity contribution in [3.05, 3.63) is 34.3 Å². The molecule has 0 radical (unpaired) electrons. The molecule has 0 saturated carbocycles. The highest BCUT2D eigenvalue weighted by atomic mass is 79.9. The van der Waals surface area contributed by atoms with Gasteiger partial charge in [-0.05, 0) is 30.0 Å². The molecule has 0 aliphatic carbocycles. The van der Waals surface area contributed by atoms with Crippen molar-refractivity contribution < 1.29 is 5.11 Å². The molecule has 3 nitrogen and oxygen atoms in total. The summed E-state index contributed by atoms with van der Waals surface area (Å²) < 4.78 is 1.03. The molecule has 118 valence electrons. The van der Waals surface area contributed by atoms with Crippen LogP contribution in [0.1, 0.15) is 31.9 Å². The standard InChI is InChI=1S/C17H27BrN2O/c1-14(2)13-20-10-8-19(9-11-20)7-6-17(21)15-4-3-5-16(18)12-15/h3-5,12,14,17,21H,6-11,13H2,1-2H3. The molecular weight excluding hydrogens is 328 g/mol. The van der Waals surface area contributed by atoms with Crippen LogP contribution in [0.15, 0.2) is 28.7 Å². The van der Waals surface area contributed by atoms with E-state index in [1.165, 1.54) is 6.54 Å². The van der Waals surface area contributed by atoms with Crippen LogP contribution >= 0.6 is 15.9 Å². The van der Waals surface area contributed by atoms with E-state index in [0.29, 0.717) is 0 Å². The van der Waals surface area contributed by atoms with Gasteiger partial charge >= 0.3 is 0 Å². The molecule has 1 aliphatic heterocycles. The van der Waals surface area contributed by atoms with Crippen LogP contribution in [-0.2, 0) is 0 Å². The summed E-state index contributed by atoms with van der Waals surface area (Å²) in [5.74, 6) is 0.745. The zero-order valence-electron chi connectivity index (χ0n) is 13.1. The number of aliphatic hydroxyl groups is 1. The molecule has 1 atom stereocenters. The van der Waals surface area contributed by atoms with Gasteiger partial charge in [-0.25, -0.2) is 0 Å². The lowest BCUT2D eigenvalue weighted by molar-refractivity contribution is 0.0970. The van der Waals surface area contributed by atoms with E-state index in [9.17, 15) is 5.11 Å². The number of piperazine rings is 1. The first-order valence-corrected chi connectivity index (χ1v) is 8.72. The predicted molar refractivity (Wildman–Crippen MR) is 91.4 cm³/mol. The van der Waals surface area contributed by atoms with Gasteiger partial charge in [0.05, 0.1) is 6.10 Å². The van der Waals surface area contributed by atoms with Gasteiger partial charge in [-0.15, -0.1) is 0 Å². The summed E-state index contributed by atoms with van der Waals surface area (Å²) in [6, 6.07) is 7.97. The van der Waals surface area contributed by atoms with Crippen molar-refractivity contribution in [2.75, 3.05) is 39.3 Å². The Kier molecular flexibility index (Phi) is 6.68. The second kappa shape index (κ2) is 8.28. The van der Waals surface area contributed by atoms with Crippen molar-refractivity contribution >= 4 is 15.9 Å². The van der Waals surface area contributed by atoms with Crippen LogP contribution in [-0.4, -0.2) is 54.2 Å². The molecule has 1 aromatic rings. The van der Waals surface area contributed by atoms with Gasteiger partial charge in [0.25, 0.3) is 0 Å². The van der Waals surface area contributed by atoms with Crippen LogP contribution in [0.25, 0.3) is 0 Å². The molecule has 1 heterocycles. The number of rotatable bonds is 6. The molecule has 0 amide bonds. The first-order chi connectivity index (χ1) is 10.0. The summed E-state index contributed by atoms with van der Waals surface area (Å²) in [4.78, 5) is 5.02. The fourth-order valence-electron chi connectivity index (χ4n) is 2.90. The van der Waals surface area contributed by atoms with E-state index in [-0.39, 0.29) is 6.10 Å². The fraction of sp³-hybridized carbons (Fsp3) is 0.647. The Bertz CT molecular complexity index is 431. The van der Waals surface area contributed by atoms with Crippen molar-refractivity contribution in [1.29, 1.82) is 0 Å². The highest BCUT2D eigenvalue weighted by Gasteiger charge is 2.18. The SMILES string of the molecule is CC(C)CN1CCN(CCC(O)c2cccc(Br)c2)CC1. The minimum absolute atomic E-state index is 0.365. The quantitative estimate of drug-likeness (QED) is 0.849. The molecule has 1 aliphatic rings. The van der Waals surface area contributed by atoms with Crippen LogP contribution in [0, 0.1) is 5.92 Å². The van der Waals surface area contributed by atoms with Crippen molar-refractivity contribution in [2.24, 2.45) is 5.92 Å². The van der Waals surface area contributed by atoms with Crippen LogP contribution in [0.3, 0.4) is 0 Å². The zero-order valence-corrected chi connectivity index (χ0v) is 14.7. The third kappa shape index (κ3) is 5.70. The van der Waals surface area contributed by atoms with Crippen molar-refractivity contribution in [3.8, 4) is 0 Å². The summed E-state index contributed by atoms with van der Waals surface area (Å²) in [5.41, 5.74) is 1.00. The van der Waals surface area contributed by atoms with Gasteiger partial charge in [-0.1, -0.05) is 41.9 Å². The lowest BCUT2D eigenvalue weighted by Crippen LogP contribution is -2.47. The maximum atomic E-state index is 10.3. The molecule has 4 heteroatoms. The molecule has 0 bridgehead atoms. The Morgan fingerprint density at radius 3 is 2.43 bits per heavy atom. The van der Waals surface area contributed by atoms with Crippen molar-refractivity contribution in [3.63, 3.8) is 0 Å². The fourth-order valence-corrected chi connectivity index (χ4v) is 3.31. The summed E-state index contributed by atoms with van der Waals surface area (Å²) in [7, 11) is 0. The number of aliphatic hydroxyl groups excluding tert-OH is 1. The van der Waals surface area contributed by atoms with Gasteiger partial charge in [0.15, 0.2) is 0 Å². The Morgan fingerprint density at radius 1 is 1.14 bits per heavy atom. The highest BCUT2D eigenvalue weighted by Crippen LogP contribution is 2.21. The first-order valence-electron chi connectivity index (χ1n) is 7.93. The predicted octanol–water partition coefficient (Wildman–Crippen LogP) is 3.15. The van der Waals surface area contributed by atoms with E-state index in [4.69, 9.17) is 0 Å². The summed E-state index contributed by atoms with van der Waals surface area (Å²) >= 11 is 3.46. The normalized spacial score (nSPS) is 19.1. The third-order valence-corrected chi connectivity index (χ3v) is 4.53. The van der Waals surface area contributed by atoms with E-state index in [1.54, 1.807) is 0 Å². The van der Waals surface area contributed by atoms with E-state index in [0.717, 1.165) is 55.1 Å². The first kappa shape index (κ1) is 16.9. The van der Waals surface area contributed by atoms with E-state index in [2.05, 4.69) is 39.6 Å². The molecule has 0 aromatic heterocycles.